The van der Waals surface area contributed by atoms with Crippen molar-refractivity contribution in [2.75, 3.05) is 0 Å². The molecule has 1 aromatic heterocycles. The summed E-state index contributed by atoms with van der Waals surface area (Å²) in [6, 6.07) is 3.11. The second kappa shape index (κ2) is 6.61. The van der Waals surface area contributed by atoms with Crippen molar-refractivity contribution in [2.45, 2.75) is 52.2 Å². The Kier molecular flexibility index (Phi) is 4.82. The molecule has 3 rings (SSSR count). The Balaban J connectivity index is 1.89. The van der Waals surface area contributed by atoms with Gasteiger partial charge in [0.05, 0.1) is 5.02 Å². The van der Waals surface area contributed by atoms with Crippen molar-refractivity contribution < 1.29 is 9.53 Å². The van der Waals surface area contributed by atoms with E-state index in [4.69, 9.17) is 27.9 Å². The van der Waals surface area contributed by atoms with E-state index < -0.39 is 11.5 Å². The Morgan fingerprint density at radius 3 is 2.68 bits per heavy atom. The third kappa shape index (κ3) is 3.53. The van der Waals surface area contributed by atoms with E-state index in [0.29, 0.717) is 22.2 Å². The van der Waals surface area contributed by atoms with E-state index >= 15 is 0 Å². The zero-order valence-electron chi connectivity index (χ0n) is 14.7. The quantitative estimate of drug-likeness (QED) is 0.770. The Hall–Kier alpha value is -1.59. The minimum atomic E-state index is -0.494. The van der Waals surface area contributed by atoms with Gasteiger partial charge in [-0.15, -0.1) is 0 Å². The van der Waals surface area contributed by atoms with Gasteiger partial charge in [-0.3, -0.25) is 4.79 Å². The first-order chi connectivity index (χ1) is 11.7. The van der Waals surface area contributed by atoms with Gasteiger partial charge in [0, 0.05) is 28.3 Å². The molecule has 0 saturated carbocycles. The van der Waals surface area contributed by atoms with Crippen molar-refractivity contribution in [2.24, 2.45) is 5.41 Å². The van der Waals surface area contributed by atoms with Crippen molar-refractivity contribution in [3.8, 4) is 5.75 Å². The van der Waals surface area contributed by atoms with Gasteiger partial charge in [0.1, 0.15) is 30.5 Å². The molecule has 5 nitrogen and oxygen atoms in total. The number of hydrogen-bond acceptors (Lipinski definition) is 4. The van der Waals surface area contributed by atoms with Gasteiger partial charge < -0.3 is 4.74 Å². The Bertz CT molecular complexity index is 784. The van der Waals surface area contributed by atoms with E-state index in [1.807, 2.05) is 26.8 Å². The highest BCUT2D eigenvalue weighted by atomic mass is 35.5. The molecule has 1 aliphatic heterocycles. The number of carbonyl (C=O) groups is 1. The van der Waals surface area contributed by atoms with Crippen LogP contribution in [0.3, 0.4) is 0 Å². The summed E-state index contributed by atoms with van der Waals surface area (Å²) in [7, 11) is 0. The van der Waals surface area contributed by atoms with E-state index in [2.05, 4.69) is 17.0 Å². The summed E-state index contributed by atoms with van der Waals surface area (Å²) in [5, 5.41) is 5.26. The number of fused-ring (bicyclic) bond motifs is 1. The van der Waals surface area contributed by atoms with Crippen molar-refractivity contribution in [3.05, 3.63) is 40.4 Å². The highest BCUT2D eigenvalue weighted by Crippen LogP contribution is 2.46. The topological polar surface area (TPSA) is 57.0 Å². The van der Waals surface area contributed by atoms with Crippen LogP contribution in [0.1, 0.15) is 51.6 Å². The van der Waals surface area contributed by atoms with Crippen LogP contribution in [0, 0.1) is 5.41 Å². The van der Waals surface area contributed by atoms with Gasteiger partial charge in [-0.1, -0.05) is 50.9 Å². The van der Waals surface area contributed by atoms with Crippen LogP contribution in [-0.2, 0) is 4.79 Å². The average Bonchev–Trinajstić information content (AvgIpc) is 3.13. The number of rotatable bonds is 4. The second-order valence-electron chi connectivity index (χ2n) is 7.49. The number of ether oxygens (including phenoxy) is 1. The van der Waals surface area contributed by atoms with Crippen LogP contribution in [-0.4, -0.2) is 26.7 Å². The zero-order chi connectivity index (χ0) is 18.4. The highest BCUT2D eigenvalue weighted by Gasteiger charge is 2.39. The molecule has 134 valence electrons. The lowest BCUT2D eigenvalue weighted by molar-refractivity contribution is -0.130. The Labute approximate surface area is 157 Å². The molecule has 1 aromatic carbocycles. The predicted octanol–water partition coefficient (Wildman–Crippen LogP) is 4.70. The Morgan fingerprint density at radius 1 is 1.36 bits per heavy atom. The molecule has 0 saturated heterocycles. The van der Waals surface area contributed by atoms with Crippen molar-refractivity contribution in [1.29, 1.82) is 0 Å². The summed E-state index contributed by atoms with van der Waals surface area (Å²) >= 11 is 12.4. The van der Waals surface area contributed by atoms with Gasteiger partial charge in [-0.25, -0.2) is 9.67 Å². The number of carbonyl (C=O) groups excluding carboxylic acids is 1. The number of ketones is 1. The molecule has 0 bridgehead atoms. The molecule has 0 spiro atoms. The van der Waals surface area contributed by atoms with Crippen molar-refractivity contribution >= 4 is 29.0 Å². The predicted molar refractivity (Wildman–Crippen MR) is 97.4 cm³/mol. The summed E-state index contributed by atoms with van der Waals surface area (Å²) in [6.07, 6.45) is 3.31. The van der Waals surface area contributed by atoms with Gasteiger partial charge in [-0.05, 0) is 12.1 Å². The van der Waals surface area contributed by atoms with Crippen LogP contribution >= 0.6 is 23.2 Å². The number of Topliss-reactive ketones (excluding diaryl/α,β-unsaturated/α-hetero) is 1. The zero-order valence-corrected chi connectivity index (χ0v) is 16.2. The molecular weight excluding hydrogens is 361 g/mol. The smallest absolute Gasteiger partial charge is 0.162 e. The maximum atomic E-state index is 13.0. The first-order valence-corrected chi connectivity index (χ1v) is 8.98. The fourth-order valence-corrected chi connectivity index (χ4v) is 3.74. The molecule has 3 atom stereocenters. The SMILES string of the molecule is CC1c2cc(Cl)cc(Cl)c2OC1CC(C(=O)C(C)(C)C)n1cncn1. The van der Waals surface area contributed by atoms with Crippen LogP contribution < -0.4 is 4.74 Å². The lowest BCUT2D eigenvalue weighted by Gasteiger charge is -2.27. The van der Waals surface area contributed by atoms with E-state index in [1.165, 1.54) is 6.33 Å². The summed E-state index contributed by atoms with van der Waals surface area (Å²) in [5.41, 5.74) is 0.481. The molecule has 0 amide bonds. The summed E-state index contributed by atoms with van der Waals surface area (Å²) in [6.45, 7) is 7.78. The maximum absolute atomic E-state index is 13.0. The van der Waals surface area contributed by atoms with Gasteiger partial charge in [0.2, 0.25) is 0 Å². The third-order valence-corrected chi connectivity index (χ3v) is 5.11. The van der Waals surface area contributed by atoms with Crippen molar-refractivity contribution in [1.82, 2.24) is 14.8 Å². The van der Waals surface area contributed by atoms with Gasteiger partial charge in [-0.2, -0.15) is 5.10 Å². The van der Waals surface area contributed by atoms with Crippen LogP contribution in [0.5, 0.6) is 5.75 Å². The first kappa shape index (κ1) is 18.2. The highest BCUT2D eigenvalue weighted by molar-refractivity contribution is 6.35. The molecule has 0 fully saturated rings. The van der Waals surface area contributed by atoms with E-state index in [-0.39, 0.29) is 17.8 Å². The lowest BCUT2D eigenvalue weighted by atomic mass is 9.83. The van der Waals surface area contributed by atoms with Crippen molar-refractivity contribution in [3.63, 3.8) is 0 Å². The molecule has 25 heavy (non-hydrogen) atoms. The fraction of sp³-hybridized carbons (Fsp3) is 0.500. The lowest BCUT2D eigenvalue weighted by Crippen LogP contribution is -2.35. The number of halogens is 2. The minimum Gasteiger partial charge on any atom is -0.488 e. The fourth-order valence-electron chi connectivity index (χ4n) is 3.18. The van der Waals surface area contributed by atoms with E-state index in [0.717, 1.165) is 5.56 Å². The average molecular weight is 382 g/mol. The van der Waals surface area contributed by atoms with Crippen LogP contribution in [0.25, 0.3) is 0 Å². The molecule has 0 N–H and O–H groups in total. The van der Waals surface area contributed by atoms with Gasteiger partial charge >= 0.3 is 0 Å². The number of benzene rings is 1. The third-order valence-electron chi connectivity index (χ3n) is 4.61. The van der Waals surface area contributed by atoms with E-state index in [9.17, 15) is 4.79 Å². The number of nitrogens with zero attached hydrogens (tertiary/aromatic N) is 3. The molecule has 0 radical (unpaired) electrons. The van der Waals surface area contributed by atoms with E-state index in [1.54, 1.807) is 17.1 Å². The summed E-state index contributed by atoms with van der Waals surface area (Å²) in [4.78, 5) is 16.9. The van der Waals surface area contributed by atoms with Crippen LogP contribution in [0.2, 0.25) is 10.0 Å². The molecule has 0 aliphatic carbocycles. The molecule has 3 unspecified atom stereocenters. The molecular formula is C18H21Cl2N3O2. The largest absolute Gasteiger partial charge is 0.488 e. The number of aromatic nitrogens is 3. The minimum absolute atomic E-state index is 0.0741. The molecule has 1 aliphatic rings. The number of hydrogen-bond donors (Lipinski definition) is 0. The normalized spacial score (nSPS) is 20.9. The molecule has 2 aromatic rings. The summed E-state index contributed by atoms with van der Waals surface area (Å²) < 4.78 is 7.70. The van der Waals surface area contributed by atoms with Crippen LogP contribution in [0.4, 0.5) is 0 Å². The van der Waals surface area contributed by atoms with Gasteiger partial charge in [0.15, 0.2) is 5.78 Å². The van der Waals surface area contributed by atoms with Crippen LogP contribution in [0.15, 0.2) is 24.8 Å². The molecule has 2 heterocycles. The maximum Gasteiger partial charge on any atom is 0.162 e. The first-order valence-electron chi connectivity index (χ1n) is 8.22. The Morgan fingerprint density at radius 2 is 2.08 bits per heavy atom. The standard InChI is InChI=1S/C18H21Cl2N3O2/c1-10-12-5-11(19)6-13(20)16(12)25-15(10)7-14(17(24)18(2,3)4)23-9-21-8-22-23/h5-6,8-10,14-15H,7H2,1-4H3. The summed E-state index contributed by atoms with van der Waals surface area (Å²) in [5.74, 6) is 0.822. The second-order valence-corrected chi connectivity index (χ2v) is 8.34. The molecule has 7 heteroatoms. The van der Waals surface area contributed by atoms with Gasteiger partial charge in [0.25, 0.3) is 0 Å². The monoisotopic (exact) mass is 381 g/mol.